The quantitative estimate of drug-likeness (QED) is 0.324. The molecule has 1 unspecified atom stereocenters. The van der Waals surface area contributed by atoms with E-state index in [0.29, 0.717) is 11.3 Å². The molecule has 0 spiro atoms. The number of anilines is 2. The Balaban J connectivity index is 1.51. The number of aromatic nitrogens is 3. The molecule has 3 heterocycles. The predicted octanol–water partition coefficient (Wildman–Crippen LogP) is 5.72. The summed E-state index contributed by atoms with van der Waals surface area (Å²) in [6.45, 7) is 2.95. The molecular formula is C30H29N5O2. The van der Waals surface area contributed by atoms with Gasteiger partial charge in [-0.05, 0) is 86.4 Å². The lowest BCUT2D eigenvalue weighted by atomic mass is 10.1. The third kappa shape index (κ3) is 5.55. The highest BCUT2D eigenvalue weighted by atomic mass is 16.5. The number of pyridine rings is 1. The highest BCUT2D eigenvalue weighted by molar-refractivity contribution is 6.01. The van der Waals surface area contributed by atoms with E-state index < -0.39 is 0 Å². The summed E-state index contributed by atoms with van der Waals surface area (Å²) in [5.74, 6) is 2.22. The van der Waals surface area contributed by atoms with Gasteiger partial charge >= 0.3 is 0 Å². The van der Waals surface area contributed by atoms with Crippen LogP contribution in [0.5, 0.6) is 0 Å². The normalized spacial score (nSPS) is 15.5. The number of nitrogens with one attached hydrogen (secondary N) is 2. The molecule has 0 aliphatic carbocycles. The molecule has 0 radical (unpaired) electrons. The Kier molecular flexibility index (Phi) is 7.29. The molecule has 1 fully saturated rings. The van der Waals surface area contributed by atoms with Gasteiger partial charge in [-0.1, -0.05) is 18.1 Å². The molecule has 5 rings (SSSR count). The van der Waals surface area contributed by atoms with Gasteiger partial charge in [0.05, 0.1) is 34.7 Å². The summed E-state index contributed by atoms with van der Waals surface area (Å²) in [5.41, 5.74) is 5.92. The lowest BCUT2D eigenvalue weighted by Gasteiger charge is -2.23. The fourth-order valence-electron chi connectivity index (χ4n) is 4.49. The number of terminal acetylenes is 1. The van der Waals surface area contributed by atoms with Crippen molar-refractivity contribution in [2.24, 2.45) is 0 Å². The standard InChI is InChI=1S/C30H29N5O2/c1-3-16-32-30(36)25-8-4-5-9-26(25)33-23-11-13-24-27(14-12-22-19-21(2)15-17-31-22)34-35(28(24)20-23)29-10-6-7-18-37-29/h1,4-5,8-9,11-15,17,19-20,29,33H,6-7,10,16,18H2,2H3,(H,32,36)/b14-12+. The Morgan fingerprint density at radius 2 is 2.08 bits per heavy atom. The summed E-state index contributed by atoms with van der Waals surface area (Å²) in [6, 6.07) is 17.5. The summed E-state index contributed by atoms with van der Waals surface area (Å²) in [6.07, 6.45) is 14.1. The zero-order chi connectivity index (χ0) is 25.6. The SMILES string of the molecule is C#CCNC(=O)c1ccccc1Nc1ccc2c(/C=C/c3cc(C)ccn3)nn(C3CCCCO3)c2c1. The number of carbonyl (C=O) groups is 1. The van der Waals surface area contributed by atoms with E-state index in [1.165, 1.54) is 0 Å². The zero-order valence-corrected chi connectivity index (χ0v) is 20.8. The summed E-state index contributed by atoms with van der Waals surface area (Å²) >= 11 is 0. The average molecular weight is 492 g/mol. The first-order valence-electron chi connectivity index (χ1n) is 12.4. The molecule has 0 bridgehead atoms. The fourth-order valence-corrected chi connectivity index (χ4v) is 4.49. The third-order valence-corrected chi connectivity index (χ3v) is 6.31. The van der Waals surface area contributed by atoms with E-state index >= 15 is 0 Å². The van der Waals surface area contributed by atoms with Gasteiger partial charge in [-0.15, -0.1) is 6.42 Å². The van der Waals surface area contributed by atoms with Crippen LogP contribution in [-0.2, 0) is 4.74 Å². The minimum absolute atomic E-state index is 0.118. The van der Waals surface area contributed by atoms with E-state index in [1.54, 1.807) is 6.07 Å². The maximum Gasteiger partial charge on any atom is 0.254 e. The second-order valence-corrected chi connectivity index (χ2v) is 9.03. The molecule has 1 atom stereocenters. The van der Waals surface area contributed by atoms with Crippen LogP contribution in [0.3, 0.4) is 0 Å². The summed E-state index contributed by atoms with van der Waals surface area (Å²) < 4.78 is 8.07. The average Bonchev–Trinajstić information content (AvgIpc) is 3.29. The van der Waals surface area contributed by atoms with Crippen LogP contribution in [0.2, 0.25) is 0 Å². The Morgan fingerprint density at radius 3 is 2.89 bits per heavy atom. The first-order chi connectivity index (χ1) is 18.1. The van der Waals surface area contributed by atoms with Crippen LogP contribution in [0, 0.1) is 19.3 Å². The maximum atomic E-state index is 12.6. The number of nitrogens with zero attached hydrogens (tertiary/aromatic N) is 3. The van der Waals surface area contributed by atoms with Gasteiger partial charge in [-0.3, -0.25) is 9.78 Å². The molecule has 1 aliphatic rings. The lowest BCUT2D eigenvalue weighted by molar-refractivity contribution is -0.0367. The molecule has 2 N–H and O–H groups in total. The van der Waals surface area contributed by atoms with Crippen molar-refractivity contribution in [2.45, 2.75) is 32.4 Å². The Labute approximate surface area is 216 Å². The number of benzene rings is 2. The van der Waals surface area contributed by atoms with Gasteiger partial charge in [0, 0.05) is 23.9 Å². The summed E-state index contributed by atoms with van der Waals surface area (Å²) in [5, 5.41) is 12.1. The molecule has 4 aromatic rings. The van der Waals surface area contributed by atoms with Crippen molar-refractivity contribution in [3.63, 3.8) is 0 Å². The molecule has 37 heavy (non-hydrogen) atoms. The second-order valence-electron chi connectivity index (χ2n) is 9.03. The van der Waals surface area contributed by atoms with Crippen molar-refractivity contribution < 1.29 is 9.53 Å². The highest BCUT2D eigenvalue weighted by Crippen LogP contribution is 2.32. The van der Waals surface area contributed by atoms with Crippen LogP contribution < -0.4 is 10.6 Å². The van der Waals surface area contributed by atoms with Crippen molar-refractivity contribution >= 4 is 40.3 Å². The molecule has 1 amide bonds. The monoisotopic (exact) mass is 491 g/mol. The number of amides is 1. The van der Waals surface area contributed by atoms with Crippen molar-refractivity contribution in [3.8, 4) is 12.3 Å². The zero-order valence-electron chi connectivity index (χ0n) is 20.8. The lowest BCUT2D eigenvalue weighted by Crippen LogP contribution is -2.24. The third-order valence-electron chi connectivity index (χ3n) is 6.31. The van der Waals surface area contributed by atoms with Gasteiger partial charge in [0.15, 0.2) is 6.23 Å². The van der Waals surface area contributed by atoms with E-state index in [2.05, 4.69) is 34.5 Å². The molecule has 7 heteroatoms. The molecule has 186 valence electrons. The number of ether oxygens (including phenoxy) is 1. The molecular weight excluding hydrogens is 462 g/mol. The van der Waals surface area contributed by atoms with Crippen LogP contribution in [0.1, 0.15) is 52.8 Å². The van der Waals surface area contributed by atoms with E-state index in [0.717, 1.165) is 59.4 Å². The minimum atomic E-state index is -0.222. The Hall–Kier alpha value is -4.41. The van der Waals surface area contributed by atoms with E-state index in [9.17, 15) is 4.79 Å². The van der Waals surface area contributed by atoms with Gasteiger partial charge in [0.2, 0.25) is 0 Å². The van der Waals surface area contributed by atoms with Gasteiger partial charge in [0.1, 0.15) is 0 Å². The van der Waals surface area contributed by atoms with E-state index in [4.69, 9.17) is 16.3 Å². The molecule has 1 aliphatic heterocycles. The largest absolute Gasteiger partial charge is 0.356 e. The number of hydrogen-bond donors (Lipinski definition) is 2. The predicted molar refractivity (Wildman–Crippen MR) is 147 cm³/mol. The van der Waals surface area contributed by atoms with Crippen molar-refractivity contribution in [2.75, 3.05) is 18.5 Å². The van der Waals surface area contributed by atoms with Gasteiger partial charge < -0.3 is 15.4 Å². The van der Waals surface area contributed by atoms with Crippen molar-refractivity contribution in [1.82, 2.24) is 20.1 Å². The summed E-state index contributed by atoms with van der Waals surface area (Å²) in [4.78, 5) is 17.0. The molecule has 2 aromatic carbocycles. The van der Waals surface area contributed by atoms with Crippen molar-refractivity contribution in [3.05, 3.63) is 83.3 Å². The highest BCUT2D eigenvalue weighted by Gasteiger charge is 2.21. The minimum Gasteiger partial charge on any atom is -0.356 e. The first kappa shape index (κ1) is 24.3. The number of carbonyl (C=O) groups excluding carboxylic acids is 1. The number of rotatable bonds is 7. The number of hydrogen-bond acceptors (Lipinski definition) is 5. The van der Waals surface area contributed by atoms with Gasteiger partial charge in [-0.2, -0.15) is 5.10 Å². The summed E-state index contributed by atoms with van der Waals surface area (Å²) in [7, 11) is 0. The van der Waals surface area contributed by atoms with Crippen LogP contribution in [0.15, 0.2) is 60.8 Å². The number of para-hydroxylation sites is 1. The molecule has 7 nitrogen and oxygen atoms in total. The van der Waals surface area contributed by atoms with Crippen LogP contribution in [0.4, 0.5) is 11.4 Å². The smallest absolute Gasteiger partial charge is 0.254 e. The van der Waals surface area contributed by atoms with Gasteiger partial charge in [0.25, 0.3) is 5.91 Å². The molecule has 2 aromatic heterocycles. The van der Waals surface area contributed by atoms with Crippen LogP contribution in [-0.4, -0.2) is 33.8 Å². The number of aryl methyl sites for hydroxylation is 1. The Bertz CT molecular complexity index is 1490. The topological polar surface area (TPSA) is 81.1 Å². The van der Waals surface area contributed by atoms with E-state index in [1.807, 2.05) is 65.5 Å². The second kappa shape index (κ2) is 11.1. The maximum absolute atomic E-state index is 12.6. The van der Waals surface area contributed by atoms with Gasteiger partial charge in [-0.25, -0.2) is 4.68 Å². The number of fused-ring (bicyclic) bond motifs is 1. The van der Waals surface area contributed by atoms with Crippen LogP contribution in [0.25, 0.3) is 23.1 Å². The van der Waals surface area contributed by atoms with E-state index in [-0.39, 0.29) is 18.7 Å². The fraction of sp³-hybridized carbons (Fsp3) is 0.233. The molecule has 1 saturated heterocycles. The van der Waals surface area contributed by atoms with Crippen molar-refractivity contribution in [1.29, 1.82) is 0 Å². The first-order valence-corrected chi connectivity index (χ1v) is 12.4. The van der Waals surface area contributed by atoms with Crippen LogP contribution >= 0.6 is 0 Å². The molecule has 0 saturated carbocycles. The Morgan fingerprint density at radius 1 is 1.19 bits per heavy atom.